The SMILES string of the molecule is C=C(C)C[C@]1(C)OC(=O)C[C@H]1C(=O)O. The van der Waals surface area contributed by atoms with Gasteiger partial charge in [0.05, 0.1) is 6.42 Å². The lowest BCUT2D eigenvalue weighted by Gasteiger charge is -2.26. The van der Waals surface area contributed by atoms with Gasteiger partial charge in [0.15, 0.2) is 0 Å². The fraction of sp³-hybridized carbons (Fsp3) is 0.600. The molecule has 4 heteroatoms. The summed E-state index contributed by atoms with van der Waals surface area (Å²) in [4.78, 5) is 21.9. The molecule has 1 rings (SSSR count). The third kappa shape index (κ3) is 1.95. The van der Waals surface area contributed by atoms with Crippen LogP contribution in [0, 0.1) is 5.92 Å². The van der Waals surface area contributed by atoms with Crippen LogP contribution in [-0.4, -0.2) is 22.6 Å². The van der Waals surface area contributed by atoms with Crippen molar-refractivity contribution < 1.29 is 19.4 Å². The van der Waals surface area contributed by atoms with Crippen molar-refractivity contribution in [3.05, 3.63) is 12.2 Å². The Morgan fingerprint density at radius 1 is 1.79 bits per heavy atom. The first-order chi connectivity index (χ1) is 6.35. The quantitative estimate of drug-likeness (QED) is 0.549. The van der Waals surface area contributed by atoms with Gasteiger partial charge in [-0.15, -0.1) is 0 Å². The van der Waals surface area contributed by atoms with E-state index in [-0.39, 0.29) is 6.42 Å². The number of aliphatic carboxylic acids is 1. The zero-order valence-corrected chi connectivity index (χ0v) is 8.37. The summed E-state index contributed by atoms with van der Waals surface area (Å²) in [7, 11) is 0. The van der Waals surface area contributed by atoms with Gasteiger partial charge in [0, 0.05) is 6.42 Å². The van der Waals surface area contributed by atoms with E-state index in [1.807, 2.05) is 0 Å². The van der Waals surface area contributed by atoms with E-state index in [1.165, 1.54) is 0 Å². The highest BCUT2D eigenvalue weighted by Gasteiger charge is 2.49. The molecule has 0 aromatic carbocycles. The molecule has 0 bridgehead atoms. The smallest absolute Gasteiger partial charge is 0.311 e. The molecule has 0 amide bonds. The van der Waals surface area contributed by atoms with Crippen molar-refractivity contribution in [1.82, 2.24) is 0 Å². The van der Waals surface area contributed by atoms with Crippen LogP contribution in [0.4, 0.5) is 0 Å². The summed E-state index contributed by atoms with van der Waals surface area (Å²) in [5, 5.41) is 8.92. The predicted molar refractivity (Wildman–Crippen MR) is 49.7 cm³/mol. The summed E-state index contributed by atoms with van der Waals surface area (Å²) in [6.45, 7) is 7.13. The standard InChI is InChI=1S/C10H14O4/c1-6(2)5-10(3)7(9(12)13)4-8(11)14-10/h7H,1,4-5H2,2-3H3,(H,12,13)/t7-,10-/m0/s1. The van der Waals surface area contributed by atoms with E-state index in [9.17, 15) is 9.59 Å². The van der Waals surface area contributed by atoms with Crippen LogP contribution in [0.1, 0.15) is 26.7 Å². The second kappa shape index (κ2) is 3.44. The zero-order chi connectivity index (χ0) is 10.9. The molecule has 0 unspecified atom stereocenters. The second-order valence-corrected chi connectivity index (χ2v) is 4.02. The maximum absolute atomic E-state index is 11.0. The summed E-state index contributed by atoms with van der Waals surface area (Å²) in [6, 6.07) is 0. The first-order valence-corrected chi connectivity index (χ1v) is 4.44. The first-order valence-electron chi connectivity index (χ1n) is 4.44. The second-order valence-electron chi connectivity index (χ2n) is 4.02. The Morgan fingerprint density at radius 2 is 2.36 bits per heavy atom. The van der Waals surface area contributed by atoms with Gasteiger partial charge in [-0.2, -0.15) is 0 Å². The summed E-state index contributed by atoms with van der Waals surface area (Å²) in [5.41, 5.74) is -0.108. The van der Waals surface area contributed by atoms with Crippen molar-refractivity contribution in [2.45, 2.75) is 32.3 Å². The fourth-order valence-electron chi connectivity index (χ4n) is 1.86. The number of hydrogen-bond acceptors (Lipinski definition) is 3. The van der Waals surface area contributed by atoms with Gasteiger partial charge in [-0.1, -0.05) is 12.2 Å². The van der Waals surface area contributed by atoms with Crippen molar-refractivity contribution >= 4 is 11.9 Å². The number of cyclic esters (lactones) is 1. The molecule has 78 valence electrons. The van der Waals surface area contributed by atoms with E-state index in [0.717, 1.165) is 5.57 Å². The Kier molecular flexibility index (Phi) is 2.64. The molecule has 0 aromatic heterocycles. The lowest BCUT2D eigenvalue weighted by molar-refractivity contribution is -0.152. The van der Waals surface area contributed by atoms with Gasteiger partial charge in [-0.25, -0.2) is 0 Å². The topological polar surface area (TPSA) is 63.6 Å². The normalized spacial score (nSPS) is 31.3. The van der Waals surface area contributed by atoms with E-state index >= 15 is 0 Å². The molecule has 0 aromatic rings. The van der Waals surface area contributed by atoms with Crippen molar-refractivity contribution in [1.29, 1.82) is 0 Å². The van der Waals surface area contributed by atoms with E-state index < -0.39 is 23.5 Å². The van der Waals surface area contributed by atoms with Crippen LogP contribution in [0.25, 0.3) is 0 Å². The zero-order valence-electron chi connectivity index (χ0n) is 8.37. The van der Waals surface area contributed by atoms with Gasteiger partial charge in [0.2, 0.25) is 0 Å². The van der Waals surface area contributed by atoms with Crippen LogP contribution in [0.15, 0.2) is 12.2 Å². The predicted octanol–water partition coefficient (Wildman–Crippen LogP) is 1.36. The number of carboxylic acids is 1. The number of carboxylic acid groups (broad SMARTS) is 1. The van der Waals surface area contributed by atoms with Crippen LogP contribution in [-0.2, 0) is 14.3 Å². The maximum Gasteiger partial charge on any atom is 0.311 e. The fourth-order valence-corrected chi connectivity index (χ4v) is 1.86. The lowest BCUT2D eigenvalue weighted by atomic mass is 9.84. The molecule has 1 N–H and O–H groups in total. The van der Waals surface area contributed by atoms with E-state index in [2.05, 4.69) is 6.58 Å². The average molecular weight is 198 g/mol. The van der Waals surface area contributed by atoms with Crippen molar-refractivity contribution in [2.24, 2.45) is 5.92 Å². The van der Waals surface area contributed by atoms with Gasteiger partial charge in [-0.3, -0.25) is 9.59 Å². The Balaban J connectivity index is 2.88. The van der Waals surface area contributed by atoms with Crippen molar-refractivity contribution in [3.8, 4) is 0 Å². The number of ether oxygens (including phenoxy) is 1. The molecule has 4 nitrogen and oxygen atoms in total. The summed E-state index contributed by atoms with van der Waals surface area (Å²) < 4.78 is 5.05. The number of rotatable bonds is 3. The largest absolute Gasteiger partial charge is 0.481 e. The minimum absolute atomic E-state index is 0.0425. The van der Waals surface area contributed by atoms with Crippen LogP contribution < -0.4 is 0 Å². The van der Waals surface area contributed by atoms with Crippen molar-refractivity contribution in [3.63, 3.8) is 0 Å². The highest BCUT2D eigenvalue weighted by molar-refractivity contribution is 5.83. The number of hydrogen-bond donors (Lipinski definition) is 1. The number of carbonyl (C=O) groups excluding carboxylic acids is 1. The monoisotopic (exact) mass is 198 g/mol. The maximum atomic E-state index is 11.0. The Hall–Kier alpha value is -1.32. The van der Waals surface area contributed by atoms with Gasteiger partial charge in [-0.05, 0) is 13.8 Å². The Morgan fingerprint density at radius 3 is 2.79 bits per heavy atom. The van der Waals surface area contributed by atoms with Crippen LogP contribution in [0.5, 0.6) is 0 Å². The van der Waals surface area contributed by atoms with Gasteiger partial charge >= 0.3 is 11.9 Å². The molecule has 1 fully saturated rings. The third-order valence-corrected chi connectivity index (χ3v) is 2.41. The third-order valence-electron chi connectivity index (χ3n) is 2.41. The van der Waals surface area contributed by atoms with Gasteiger partial charge in [0.25, 0.3) is 0 Å². The molecule has 1 heterocycles. The van der Waals surface area contributed by atoms with Gasteiger partial charge in [0.1, 0.15) is 11.5 Å². The molecule has 2 atom stereocenters. The molecule has 0 radical (unpaired) electrons. The number of carbonyl (C=O) groups is 2. The molecule has 1 aliphatic heterocycles. The van der Waals surface area contributed by atoms with Crippen LogP contribution >= 0.6 is 0 Å². The van der Waals surface area contributed by atoms with E-state index in [0.29, 0.717) is 6.42 Å². The van der Waals surface area contributed by atoms with Crippen LogP contribution in [0.2, 0.25) is 0 Å². The highest BCUT2D eigenvalue weighted by Crippen LogP contribution is 2.37. The average Bonchev–Trinajstić information content (AvgIpc) is 2.23. The molecule has 1 aliphatic rings. The molecule has 0 aliphatic carbocycles. The molecule has 0 spiro atoms. The Bertz CT molecular complexity index is 294. The van der Waals surface area contributed by atoms with E-state index in [1.54, 1.807) is 13.8 Å². The molecular weight excluding hydrogens is 184 g/mol. The molecule has 14 heavy (non-hydrogen) atoms. The summed E-state index contributed by atoms with van der Waals surface area (Å²) in [6.07, 6.45) is 0.356. The minimum atomic E-state index is -0.986. The Labute approximate surface area is 82.6 Å². The molecular formula is C10H14O4. The summed E-state index contributed by atoms with van der Waals surface area (Å²) in [5.74, 6) is -2.19. The van der Waals surface area contributed by atoms with Crippen molar-refractivity contribution in [2.75, 3.05) is 0 Å². The summed E-state index contributed by atoms with van der Waals surface area (Å²) >= 11 is 0. The molecule has 0 saturated carbocycles. The minimum Gasteiger partial charge on any atom is -0.481 e. The first kappa shape index (κ1) is 10.8. The highest BCUT2D eigenvalue weighted by atomic mass is 16.6. The lowest BCUT2D eigenvalue weighted by Crippen LogP contribution is -2.36. The van der Waals surface area contributed by atoms with E-state index in [4.69, 9.17) is 9.84 Å². The number of esters is 1. The van der Waals surface area contributed by atoms with Crippen LogP contribution in [0.3, 0.4) is 0 Å². The van der Waals surface area contributed by atoms with Gasteiger partial charge < -0.3 is 9.84 Å². The molecule has 1 saturated heterocycles.